The normalized spacial score (nSPS) is 12.2. The zero-order valence-corrected chi connectivity index (χ0v) is 14.7. The van der Waals surface area contributed by atoms with E-state index in [1.54, 1.807) is 6.92 Å². The molecule has 0 fully saturated rings. The van der Waals surface area contributed by atoms with Gasteiger partial charge in [-0.25, -0.2) is 10.3 Å². The van der Waals surface area contributed by atoms with Crippen molar-refractivity contribution in [2.24, 2.45) is 0 Å². The molecule has 136 valence electrons. The van der Waals surface area contributed by atoms with Gasteiger partial charge in [-0.3, -0.25) is 9.63 Å². The maximum absolute atomic E-state index is 11.9. The summed E-state index contributed by atoms with van der Waals surface area (Å²) >= 11 is 0. The summed E-state index contributed by atoms with van der Waals surface area (Å²) in [6, 6.07) is 16.3. The molecule has 0 unspecified atom stereocenters. The first-order valence-electron chi connectivity index (χ1n) is 8.70. The van der Waals surface area contributed by atoms with Crippen LogP contribution in [0.5, 0.6) is 0 Å². The van der Waals surface area contributed by atoms with Crippen molar-refractivity contribution in [2.45, 2.75) is 19.3 Å². The van der Waals surface area contributed by atoms with Crippen LogP contribution in [0.25, 0.3) is 11.1 Å². The van der Waals surface area contributed by atoms with Crippen LogP contribution in [0.2, 0.25) is 0 Å². The number of hydrogen-bond acceptors (Lipinski definition) is 4. The molecule has 0 aromatic heterocycles. The number of hydroxylamine groups is 1. The van der Waals surface area contributed by atoms with Crippen LogP contribution < -0.4 is 10.8 Å². The van der Waals surface area contributed by atoms with E-state index in [4.69, 9.17) is 9.57 Å². The van der Waals surface area contributed by atoms with Gasteiger partial charge in [-0.2, -0.15) is 0 Å². The molecule has 1 aliphatic carbocycles. The standard InChI is InChI=1S/C20H22N2O4/c1-2-26-22-19(23)11-12-21-20(24)25-13-18-16-9-5-3-7-14(16)15-8-4-6-10-17(15)18/h3-10,18H,2,11-13H2,1H3,(H,21,24)(H,22,23). The number of amides is 2. The van der Waals surface area contributed by atoms with Crippen LogP contribution in [0.15, 0.2) is 48.5 Å². The van der Waals surface area contributed by atoms with Gasteiger partial charge in [-0.15, -0.1) is 0 Å². The number of nitrogens with one attached hydrogen (secondary N) is 2. The molecule has 0 radical (unpaired) electrons. The van der Waals surface area contributed by atoms with Gasteiger partial charge in [0.25, 0.3) is 0 Å². The van der Waals surface area contributed by atoms with E-state index in [1.165, 1.54) is 11.1 Å². The van der Waals surface area contributed by atoms with E-state index >= 15 is 0 Å². The number of ether oxygens (including phenoxy) is 1. The summed E-state index contributed by atoms with van der Waals surface area (Å²) in [7, 11) is 0. The van der Waals surface area contributed by atoms with Crippen molar-refractivity contribution in [3.63, 3.8) is 0 Å². The highest BCUT2D eigenvalue weighted by atomic mass is 16.6. The van der Waals surface area contributed by atoms with E-state index in [0.717, 1.165) is 11.1 Å². The van der Waals surface area contributed by atoms with Gasteiger partial charge in [0.2, 0.25) is 5.91 Å². The Hall–Kier alpha value is -2.86. The second-order valence-corrected chi connectivity index (χ2v) is 5.96. The fourth-order valence-electron chi connectivity index (χ4n) is 3.13. The molecule has 0 atom stereocenters. The van der Waals surface area contributed by atoms with Crippen LogP contribution in [-0.4, -0.2) is 31.8 Å². The second-order valence-electron chi connectivity index (χ2n) is 5.96. The fraction of sp³-hybridized carbons (Fsp3) is 0.300. The van der Waals surface area contributed by atoms with Gasteiger partial charge < -0.3 is 10.1 Å². The molecule has 0 saturated carbocycles. The highest BCUT2D eigenvalue weighted by molar-refractivity contribution is 5.79. The molecular formula is C20H22N2O4. The first kappa shape index (κ1) is 17.9. The second kappa shape index (κ2) is 8.49. The zero-order valence-electron chi connectivity index (χ0n) is 14.7. The molecule has 0 saturated heterocycles. The lowest BCUT2D eigenvalue weighted by Crippen LogP contribution is -2.31. The zero-order chi connectivity index (χ0) is 18.4. The predicted molar refractivity (Wildman–Crippen MR) is 97.5 cm³/mol. The summed E-state index contributed by atoms with van der Waals surface area (Å²) in [5.74, 6) is -0.264. The Kier molecular flexibility index (Phi) is 5.86. The van der Waals surface area contributed by atoms with Crippen LogP contribution in [0, 0.1) is 0 Å². The summed E-state index contributed by atoms with van der Waals surface area (Å²) in [5.41, 5.74) is 6.97. The van der Waals surface area contributed by atoms with E-state index in [1.807, 2.05) is 24.3 Å². The minimum atomic E-state index is -0.531. The third-order valence-corrected chi connectivity index (χ3v) is 4.30. The molecule has 26 heavy (non-hydrogen) atoms. The third-order valence-electron chi connectivity index (χ3n) is 4.30. The number of benzene rings is 2. The minimum Gasteiger partial charge on any atom is -0.449 e. The van der Waals surface area contributed by atoms with Crippen LogP contribution in [0.4, 0.5) is 4.79 Å². The average molecular weight is 354 g/mol. The van der Waals surface area contributed by atoms with Gasteiger partial charge >= 0.3 is 6.09 Å². The van der Waals surface area contributed by atoms with Crippen molar-refractivity contribution in [1.29, 1.82) is 0 Å². The number of hydrogen-bond donors (Lipinski definition) is 2. The molecule has 1 aliphatic rings. The molecule has 0 aliphatic heterocycles. The predicted octanol–water partition coefficient (Wildman–Crippen LogP) is 2.98. The highest BCUT2D eigenvalue weighted by Gasteiger charge is 2.28. The fourth-order valence-corrected chi connectivity index (χ4v) is 3.13. The maximum atomic E-state index is 11.9. The van der Waals surface area contributed by atoms with Crippen LogP contribution in [-0.2, 0) is 14.4 Å². The Morgan fingerprint density at radius 2 is 1.62 bits per heavy atom. The van der Waals surface area contributed by atoms with Gasteiger partial charge in [0, 0.05) is 18.9 Å². The Labute approximate surface area is 152 Å². The summed E-state index contributed by atoms with van der Waals surface area (Å²) in [4.78, 5) is 28.1. The lowest BCUT2D eigenvalue weighted by Gasteiger charge is -2.14. The van der Waals surface area contributed by atoms with Crippen molar-refractivity contribution in [3.8, 4) is 11.1 Å². The quantitative estimate of drug-likeness (QED) is 0.750. The van der Waals surface area contributed by atoms with E-state index in [0.29, 0.717) is 6.61 Å². The highest BCUT2D eigenvalue weighted by Crippen LogP contribution is 2.44. The molecule has 6 nitrogen and oxygen atoms in total. The van der Waals surface area contributed by atoms with Gasteiger partial charge in [0.1, 0.15) is 6.61 Å². The van der Waals surface area contributed by atoms with Gasteiger partial charge in [-0.1, -0.05) is 48.5 Å². The summed E-state index contributed by atoms with van der Waals surface area (Å²) in [6.45, 7) is 2.61. The van der Waals surface area contributed by atoms with Gasteiger partial charge in [-0.05, 0) is 29.2 Å². The lowest BCUT2D eigenvalue weighted by atomic mass is 9.98. The molecule has 2 aromatic carbocycles. The first-order chi connectivity index (χ1) is 12.7. The van der Waals surface area contributed by atoms with E-state index in [9.17, 15) is 9.59 Å². The summed E-state index contributed by atoms with van der Waals surface area (Å²) in [6.07, 6.45) is -0.402. The monoisotopic (exact) mass is 354 g/mol. The van der Waals surface area contributed by atoms with Crippen molar-refractivity contribution < 1.29 is 19.2 Å². The van der Waals surface area contributed by atoms with E-state index < -0.39 is 6.09 Å². The number of rotatable bonds is 7. The van der Waals surface area contributed by atoms with Crippen molar-refractivity contribution in [3.05, 3.63) is 59.7 Å². The topological polar surface area (TPSA) is 76.7 Å². The Bertz CT molecular complexity index is 745. The third kappa shape index (κ3) is 4.03. The van der Waals surface area contributed by atoms with Gasteiger partial charge in [0.05, 0.1) is 6.61 Å². The van der Waals surface area contributed by atoms with Crippen molar-refractivity contribution in [1.82, 2.24) is 10.8 Å². The molecule has 2 amide bonds. The van der Waals surface area contributed by atoms with Gasteiger partial charge in [0.15, 0.2) is 0 Å². The van der Waals surface area contributed by atoms with Crippen LogP contribution in [0.1, 0.15) is 30.4 Å². The number of carbonyl (C=O) groups excluding carboxylic acids is 2. The molecular weight excluding hydrogens is 332 g/mol. The Balaban J connectivity index is 1.53. The molecule has 0 bridgehead atoms. The maximum Gasteiger partial charge on any atom is 0.407 e. The average Bonchev–Trinajstić information content (AvgIpc) is 2.99. The van der Waals surface area contributed by atoms with Crippen LogP contribution >= 0.6 is 0 Å². The lowest BCUT2D eigenvalue weighted by molar-refractivity contribution is -0.133. The number of carbonyl (C=O) groups is 2. The smallest absolute Gasteiger partial charge is 0.407 e. The van der Waals surface area contributed by atoms with E-state index in [2.05, 4.69) is 35.1 Å². The Morgan fingerprint density at radius 3 is 2.23 bits per heavy atom. The molecule has 0 heterocycles. The SMILES string of the molecule is CCONC(=O)CCNC(=O)OCC1c2ccccc2-c2ccccc21. The largest absolute Gasteiger partial charge is 0.449 e. The molecule has 2 aromatic rings. The number of fused-ring (bicyclic) bond motifs is 3. The Morgan fingerprint density at radius 1 is 1.00 bits per heavy atom. The molecule has 2 N–H and O–H groups in total. The number of alkyl carbamates (subject to hydrolysis) is 1. The summed E-state index contributed by atoms with van der Waals surface area (Å²) < 4.78 is 5.39. The first-order valence-corrected chi connectivity index (χ1v) is 8.70. The molecule has 6 heteroatoms. The van der Waals surface area contributed by atoms with Crippen molar-refractivity contribution >= 4 is 12.0 Å². The molecule has 0 spiro atoms. The van der Waals surface area contributed by atoms with Crippen molar-refractivity contribution in [2.75, 3.05) is 19.8 Å². The molecule has 3 rings (SSSR count). The van der Waals surface area contributed by atoms with Crippen LogP contribution in [0.3, 0.4) is 0 Å². The van der Waals surface area contributed by atoms with E-state index in [-0.39, 0.29) is 31.4 Å². The summed E-state index contributed by atoms with van der Waals surface area (Å²) in [5, 5.41) is 2.58. The minimum absolute atomic E-state index is 0.0226.